The second-order valence-corrected chi connectivity index (χ2v) is 4.46. The van der Waals surface area contributed by atoms with Gasteiger partial charge in [0.1, 0.15) is 0 Å². The quantitative estimate of drug-likeness (QED) is 0.804. The number of rotatable bonds is 2. The minimum absolute atomic E-state index is 0.0775. The van der Waals surface area contributed by atoms with Crippen LogP contribution in [0.3, 0.4) is 0 Å². The Hall–Kier alpha value is -2.56. The molecule has 19 heavy (non-hydrogen) atoms. The number of nitrogens with zero attached hydrogens (tertiary/aromatic N) is 2. The number of aromatic nitrogens is 1. The second kappa shape index (κ2) is 4.61. The van der Waals surface area contributed by atoms with Gasteiger partial charge in [0.05, 0.1) is 18.3 Å². The van der Waals surface area contributed by atoms with E-state index in [1.165, 1.54) is 0 Å². The Morgan fingerprint density at radius 2 is 2.00 bits per heavy atom. The molecule has 1 fully saturated rings. The van der Waals surface area contributed by atoms with Gasteiger partial charge in [-0.1, -0.05) is 6.07 Å². The van der Waals surface area contributed by atoms with Crippen LogP contribution in [0.2, 0.25) is 0 Å². The van der Waals surface area contributed by atoms with Crippen LogP contribution in [0.15, 0.2) is 48.7 Å². The number of carbonyl (C=O) groups is 1. The molecule has 5 heteroatoms. The van der Waals surface area contributed by atoms with Crippen molar-refractivity contribution in [1.82, 2.24) is 10.3 Å². The van der Waals surface area contributed by atoms with Gasteiger partial charge < -0.3 is 11.1 Å². The summed E-state index contributed by atoms with van der Waals surface area (Å²) in [5.41, 5.74) is 8.04. The molecule has 0 bridgehead atoms. The van der Waals surface area contributed by atoms with Gasteiger partial charge >= 0.3 is 6.03 Å². The van der Waals surface area contributed by atoms with Gasteiger partial charge in [-0.15, -0.1) is 0 Å². The van der Waals surface area contributed by atoms with Gasteiger partial charge in [0, 0.05) is 17.6 Å². The Kier molecular flexibility index (Phi) is 2.79. The molecule has 1 aromatic heterocycles. The lowest BCUT2D eigenvalue weighted by Gasteiger charge is -2.14. The molecule has 2 aromatic rings. The minimum atomic E-state index is -0.111. The molecular formula is C14H14N4O. The second-order valence-electron chi connectivity index (χ2n) is 4.46. The van der Waals surface area contributed by atoms with Crippen molar-refractivity contribution in [2.24, 2.45) is 0 Å². The van der Waals surface area contributed by atoms with Crippen molar-refractivity contribution < 1.29 is 4.79 Å². The lowest BCUT2D eigenvalue weighted by atomic mass is 10.2. The van der Waals surface area contributed by atoms with E-state index in [2.05, 4.69) is 10.3 Å². The largest absolute Gasteiger partial charge is 0.399 e. The highest BCUT2D eigenvalue weighted by atomic mass is 16.2. The normalized spacial score (nSPS) is 18.4. The van der Waals surface area contributed by atoms with Crippen LogP contribution in [0, 0.1) is 0 Å². The van der Waals surface area contributed by atoms with Crippen LogP contribution in [0.5, 0.6) is 0 Å². The van der Waals surface area contributed by atoms with E-state index in [4.69, 9.17) is 5.73 Å². The third-order valence-corrected chi connectivity index (χ3v) is 3.16. The molecule has 2 heterocycles. The summed E-state index contributed by atoms with van der Waals surface area (Å²) in [6.45, 7) is 0.569. The Bertz CT molecular complexity index is 582. The van der Waals surface area contributed by atoms with Crippen molar-refractivity contribution in [3.63, 3.8) is 0 Å². The Morgan fingerprint density at radius 1 is 1.21 bits per heavy atom. The summed E-state index contributed by atoms with van der Waals surface area (Å²) in [4.78, 5) is 18.0. The van der Waals surface area contributed by atoms with Crippen LogP contribution in [0.4, 0.5) is 16.2 Å². The molecule has 1 aromatic carbocycles. The summed E-state index contributed by atoms with van der Waals surface area (Å²) >= 11 is 0. The van der Waals surface area contributed by atoms with E-state index < -0.39 is 0 Å². The molecule has 3 N–H and O–H groups in total. The number of hydrogen-bond donors (Lipinski definition) is 2. The molecule has 0 spiro atoms. The molecule has 0 radical (unpaired) electrons. The van der Waals surface area contributed by atoms with Crippen LogP contribution >= 0.6 is 0 Å². The Labute approximate surface area is 111 Å². The number of hydrogen-bond acceptors (Lipinski definition) is 3. The molecule has 1 atom stereocenters. The average Bonchev–Trinajstić information content (AvgIpc) is 2.83. The molecule has 96 valence electrons. The number of amides is 2. The van der Waals surface area contributed by atoms with Gasteiger partial charge in [-0.3, -0.25) is 9.88 Å². The molecule has 0 aliphatic carbocycles. The van der Waals surface area contributed by atoms with Crippen molar-refractivity contribution in [1.29, 1.82) is 0 Å². The molecule has 5 nitrogen and oxygen atoms in total. The van der Waals surface area contributed by atoms with Crippen molar-refractivity contribution in [2.75, 3.05) is 17.2 Å². The number of pyridine rings is 1. The smallest absolute Gasteiger partial charge is 0.322 e. The van der Waals surface area contributed by atoms with Crippen LogP contribution in [0.25, 0.3) is 0 Å². The minimum Gasteiger partial charge on any atom is -0.399 e. The summed E-state index contributed by atoms with van der Waals surface area (Å²) in [6, 6.07) is 12.8. The SMILES string of the molecule is Nc1ccc(N2CC(c3ccccn3)NC2=O)cc1. The Balaban J connectivity index is 1.82. The van der Waals surface area contributed by atoms with Crippen molar-refractivity contribution in [3.05, 3.63) is 54.4 Å². The third-order valence-electron chi connectivity index (χ3n) is 3.16. The van der Waals surface area contributed by atoms with Crippen LogP contribution in [-0.4, -0.2) is 17.6 Å². The van der Waals surface area contributed by atoms with Crippen LogP contribution in [0.1, 0.15) is 11.7 Å². The van der Waals surface area contributed by atoms with E-state index >= 15 is 0 Å². The summed E-state index contributed by atoms with van der Waals surface area (Å²) in [5.74, 6) is 0. The highest BCUT2D eigenvalue weighted by Crippen LogP contribution is 2.25. The van der Waals surface area contributed by atoms with Gasteiger partial charge in [0.2, 0.25) is 0 Å². The number of anilines is 2. The van der Waals surface area contributed by atoms with Gasteiger partial charge in [0.15, 0.2) is 0 Å². The van der Waals surface area contributed by atoms with E-state index in [1.807, 2.05) is 30.3 Å². The highest BCUT2D eigenvalue weighted by molar-refractivity contribution is 5.94. The van der Waals surface area contributed by atoms with E-state index in [0.29, 0.717) is 12.2 Å². The number of nitrogen functional groups attached to an aromatic ring is 1. The molecule has 1 unspecified atom stereocenters. The molecule has 0 saturated carbocycles. The zero-order chi connectivity index (χ0) is 13.2. The first-order chi connectivity index (χ1) is 9.24. The van der Waals surface area contributed by atoms with Crippen molar-refractivity contribution in [2.45, 2.75) is 6.04 Å². The molecule has 1 aliphatic rings. The van der Waals surface area contributed by atoms with E-state index in [9.17, 15) is 4.79 Å². The Morgan fingerprint density at radius 3 is 2.68 bits per heavy atom. The van der Waals surface area contributed by atoms with Crippen molar-refractivity contribution >= 4 is 17.4 Å². The lowest BCUT2D eigenvalue weighted by molar-refractivity contribution is 0.251. The molecule has 1 aliphatic heterocycles. The van der Waals surface area contributed by atoms with Crippen LogP contribution < -0.4 is 16.0 Å². The first kappa shape index (κ1) is 11.5. The maximum Gasteiger partial charge on any atom is 0.322 e. The van der Waals surface area contributed by atoms with Gasteiger partial charge in [-0.25, -0.2) is 4.79 Å². The predicted molar refractivity (Wildman–Crippen MR) is 73.7 cm³/mol. The number of carbonyl (C=O) groups excluding carboxylic acids is 1. The number of benzene rings is 1. The first-order valence-corrected chi connectivity index (χ1v) is 6.08. The standard InChI is InChI=1S/C14H14N4O/c15-10-4-6-11(7-5-10)18-9-13(17-14(18)19)12-3-1-2-8-16-12/h1-8,13H,9,15H2,(H,17,19). The fourth-order valence-corrected chi connectivity index (χ4v) is 2.16. The van der Waals surface area contributed by atoms with Gasteiger partial charge in [-0.05, 0) is 36.4 Å². The maximum absolute atomic E-state index is 12.0. The van der Waals surface area contributed by atoms with E-state index in [-0.39, 0.29) is 12.1 Å². The zero-order valence-electron chi connectivity index (χ0n) is 10.3. The third kappa shape index (κ3) is 2.22. The summed E-state index contributed by atoms with van der Waals surface area (Å²) < 4.78 is 0. The maximum atomic E-state index is 12.0. The molecule has 2 amide bonds. The fourth-order valence-electron chi connectivity index (χ4n) is 2.16. The molecular weight excluding hydrogens is 240 g/mol. The van der Waals surface area contributed by atoms with E-state index in [1.54, 1.807) is 23.2 Å². The highest BCUT2D eigenvalue weighted by Gasteiger charge is 2.31. The summed E-state index contributed by atoms with van der Waals surface area (Å²) in [7, 11) is 0. The van der Waals surface area contributed by atoms with E-state index in [0.717, 1.165) is 11.4 Å². The van der Waals surface area contributed by atoms with Crippen LogP contribution in [-0.2, 0) is 0 Å². The fraction of sp³-hybridized carbons (Fsp3) is 0.143. The monoisotopic (exact) mass is 254 g/mol. The number of nitrogens with two attached hydrogens (primary N) is 1. The first-order valence-electron chi connectivity index (χ1n) is 6.08. The zero-order valence-corrected chi connectivity index (χ0v) is 10.3. The predicted octanol–water partition coefficient (Wildman–Crippen LogP) is 1.93. The average molecular weight is 254 g/mol. The summed E-state index contributed by atoms with van der Waals surface area (Å²) in [6.07, 6.45) is 1.73. The van der Waals surface area contributed by atoms with Crippen molar-refractivity contribution in [3.8, 4) is 0 Å². The lowest BCUT2D eigenvalue weighted by Crippen LogP contribution is -2.27. The van der Waals surface area contributed by atoms with Gasteiger partial charge in [0.25, 0.3) is 0 Å². The number of urea groups is 1. The van der Waals surface area contributed by atoms with Gasteiger partial charge in [-0.2, -0.15) is 0 Å². The molecule has 3 rings (SSSR count). The topological polar surface area (TPSA) is 71.2 Å². The molecule has 1 saturated heterocycles. The summed E-state index contributed by atoms with van der Waals surface area (Å²) in [5, 5.41) is 2.93. The number of nitrogens with one attached hydrogen (secondary N) is 1.